The van der Waals surface area contributed by atoms with E-state index in [0.717, 1.165) is 0 Å². The molecule has 0 radical (unpaired) electrons. The number of ether oxygens (including phenoxy) is 1. The van der Waals surface area contributed by atoms with Crippen molar-refractivity contribution in [2.24, 2.45) is 5.16 Å². The van der Waals surface area contributed by atoms with E-state index in [0.29, 0.717) is 41.4 Å². The zero-order chi connectivity index (χ0) is 14.1. The van der Waals surface area contributed by atoms with E-state index in [1.807, 2.05) is 0 Å². The molecule has 0 fully saturated rings. The molecule has 1 aromatic heterocycles. The van der Waals surface area contributed by atoms with Gasteiger partial charge in [0.2, 0.25) is 5.78 Å². The molecule has 3 rings (SSSR count). The number of fused-ring (bicyclic) bond motifs is 2. The number of imidazole rings is 1. The van der Waals surface area contributed by atoms with Crippen LogP contribution < -0.4 is 0 Å². The summed E-state index contributed by atoms with van der Waals surface area (Å²) in [5.74, 6) is -0.114. The molecule has 0 saturated heterocycles. The first-order chi connectivity index (χ1) is 9.77. The largest absolute Gasteiger partial charge is 0.410 e. The van der Waals surface area contributed by atoms with Crippen molar-refractivity contribution >= 4 is 11.5 Å². The van der Waals surface area contributed by atoms with Crippen LogP contribution >= 0.6 is 0 Å². The van der Waals surface area contributed by atoms with Gasteiger partial charge in [0.25, 0.3) is 0 Å². The van der Waals surface area contributed by atoms with Gasteiger partial charge in [0.15, 0.2) is 0 Å². The van der Waals surface area contributed by atoms with Crippen LogP contribution in [0.5, 0.6) is 0 Å². The standard InChI is InChI=1S/C14H13N3O3/c1-20-7-6-17-8-15-12-11(16-19)9-4-2-3-5-10(9)14(18)13(12)17/h2-5,8,19H,6-7H2,1H3/b16-11+. The van der Waals surface area contributed by atoms with E-state index in [2.05, 4.69) is 10.1 Å². The lowest BCUT2D eigenvalue weighted by Gasteiger charge is -2.17. The van der Waals surface area contributed by atoms with Crippen LogP contribution in [0.1, 0.15) is 27.3 Å². The maximum Gasteiger partial charge on any atom is 0.212 e. The summed E-state index contributed by atoms with van der Waals surface area (Å²) in [5.41, 5.74) is 2.30. The SMILES string of the molecule is COCCn1cnc2c1C(=O)c1ccccc1/C2=N\O. The van der Waals surface area contributed by atoms with Gasteiger partial charge in [-0.25, -0.2) is 4.98 Å². The number of nitrogens with zero attached hydrogens (tertiary/aromatic N) is 3. The first-order valence-corrected chi connectivity index (χ1v) is 6.18. The number of methoxy groups -OCH3 is 1. The third-order valence-electron chi connectivity index (χ3n) is 3.34. The van der Waals surface area contributed by atoms with Gasteiger partial charge >= 0.3 is 0 Å². The normalized spacial score (nSPS) is 15.2. The Hall–Kier alpha value is -2.47. The fraction of sp³-hybridized carbons (Fsp3) is 0.214. The van der Waals surface area contributed by atoms with Crippen molar-refractivity contribution in [1.29, 1.82) is 0 Å². The van der Waals surface area contributed by atoms with Crippen LogP contribution in [0.3, 0.4) is 0 Å². The van der Waals surface area contributed by atoms with Crippen LogP contribution in [-0.4, -0.2) is 40.0 Å². The number of benzene rings is 1. The molecule has 0 unspecified atom stereocenters. The number of ketones is 1. The molecule has 0 atom stereocenters. The molecule has 1 aliphatic carbocycles. The highest BCUT2D eigenvalue weighted by atomic mass is 16.5. The summed E-state index contributed by atoms with van der Waals surface area (Å²) in [4.78, 5) is 16.8. The Morgan fingerprint density at radius 3 is 2.80 bits per heavy atom. The lowest BCUT2D eigenvalue weighted by Crippen LogP contribution is -2.24. The predicted molar refractivity (Wildman–Crippen MR) is 71.4 cm³/mol. The Morgan fingerprint density at radius 2 is 2.10 bits per heavy atom. The Kier molecular flexibility index (Phi) is 3.08. The number of carbonyl (C=O) groups is 1. The average Bonchev–Trinajstić information content (AvgIpc) is 2.90. The Morgan fingerprint density at radius 1 is 1.35 bits per heavy atom. The van der Waals surface area contributed by atoms with Crippen molar-refractivity contribution in [3.05, 3.63) is 53.1 Å². The molecular weight excluding hydrogens is 258 g/mol. The molecule has 0 spiro atoms. The third kappa shape index (κ3) is 1.73. The van der Waals surface area contributed by atoms with Crippen molar-refractivity contribution in [2.75, 3.05) is 13.7 Å². The Bertz CT molecular complexity index is 703. The van der Waals surface area contributed by atoms with Crippen molar-refractivity contribution < 1.29 is 14.7 Å². The lowest BCUT2D eigenvalue weighted by atomic mass is 9.89. The van der Waals surface area contributed by atoms with Gasteiger partial charge in [0.1, 0.15) is 17.1 Å². The van der Waals surface area contributed by atoms with E-state index in [9.17, 15) is 10.0 Å². The molecule has 1 aromatic carbocycles. The predicted octanol–water partition coefficient (Wildman–Crippen LogP) is 1.30. The van der Waals surface area contributed by atoms with Crippen molar-refractivity contribution in [3.8, 4) is 0 Å². The van der Waals surface area contributed by atoms with Crippen molar-refractivity contribution in [2.45, 2.75) is 6.54 Å². The van der Waals surface area contributed by atoms with E-state index in [1.165, 1.54) is 0 Å². The summed E-state index contributed by atoms with van der Waals surface area (Å²) in [6, 6.07) is 7.05. The highest BCUT2D eigenvalue weighted by molar-refractivity contribution is 6.28. The molecule has 20 heavy (non-hydrogen) atoms. The molecule has 6 nitrogen and oxygen atoms in total. The van der Waals surface area contributed by atoms with Gasteiger partial charge in [0.05, 0.1) is 12.9 Å². The maximum absolute atomic E-state index is 12.6. The molecule has 0 saturated carbocycles. The summed E-state index contributed by atoms with van der Waals surface area (Å²) in [5, 5.41) is 12.6. The molecule has 0 amide bonds. The van der Waals surface area contributed by atoms with Gasteiger partial charge in [-0.3, -0.25) is 4.79 Å². The second-order valence-corrected chi connectivity index (χ2v) is 4.45. The molecule has 1 heterocycles. The number of hydrogen-bond donors (Lipinski definition) is 1. The van der Waals surface area contributed by atoms with E-state index >= 15 is 0 Å². The van der Waals surface area contributed by atoms with Gasteiger partial charge in [-0.2, -0.15) is 0 Å². The fourth-order valence-corrected chi connectivity index (χ4v) is 2.40. The highest BCUT2D eigenvalue weighted by Gasteiger charge is 2.32. The minimum atomic E-state index is -0.114. The zero-order valence-corrected chi connectivity index (χ0v) is 10.9. The minimum absolute atomic E-state index is 0.114. The van der Waals surface area contributed by atoms with E-state index in [1.54, 1.807) is 42.3 Å². The molecule has 102 valence electrons. The second-order valence-electron chi connectivity index (χ2n) is 4.45. The number of carbonyl (C=O) groups excluding carboxylic acids is 1. The summed E-state index contributed by atoms with van der Waals surface area (Å²) in [7, 11) is 1.60. The van der Waals surface area contributed by atoms with Gasteiger partial charge in [-0.05, 0) is 0 Å². The van der Waals surface area contributed by atoms with Crippen LogP contribution in [0.25, 0.3) is 0 Å². The summed E-state index contributed by atoms with van der Waals surface area (Å²) in [6.45, 7) is 0.995. The summed E-state index contributed by atoms with van der Waals surface area (Å²) < 4.78 is 6.75. The van der Waals surface area contributed by atoms with Gasteiger partial charge in [-0.15, -0.1) is 0 Å². The van der Waals surface area contributed by atoms with Crippen LogP contribution in [0, 0.1) is 0 Å². The third-order valence-corrected chi connectivity index (χ3v) is 3.34. The van der Waals surface area contributed by atoms with E-state index in [-0.39, 0.29) is 5.78 Å². The van der Waals surface area contributed by atoms with Gasteiger partial charge < -0.3 is 14.5 Å². The molecule has 1 N–H and O–H groups in total. The van der Waals surface area contributed by atoms with Crippen molar-refractivity contribution in [3.63, 3.8) is 0 Å². The first-order valence-electron chi connectivity index (χ1n) is 6.18. The molecular formula is C14H13N3O3. The summed E-state index contributed by atoms with van der Waals surface area (Å²) >= 11 is 0. The van der Waals surface area contributed by atoms with E-state index < -0.39 is 0 Å². The topological polar surface area (TPSA) is 76.7 Å². The Labute approximate surface area is 115 Å². The smallest absolute Gasteiger partial charge is 0.212 e. The Balaban J connectivity index is 2.17. The number of oxime groups is 1. The van der Waals surface area contributed by atoms with Gasteiger partial charge in [-0.1, -0.05) is 29.4 Å². The number of aromatic nitrogens is 2. The molecule has 6 heteroatoms. The van der Waals surface area contributed by atoms with Crippen molar-refractivity contribution in [1.82, 2.24) is 9.55 Å². The zero-order valence-electron chi connectivity index (χ0n) is 10.9. The van der Waals surface area contributed by atoms with E-state index in [4.69, 9.17) is 4.74 Å². The lowest BCUT2D eigenvalue weighted by molar-refractivity contribution is 0.102. The first kappa shape index (κ1) is 12.6. The monoisotopic (exact) mass is 271 g/mol. The van der Waals surface area contributed by atoms with Crippen LogP contribution in [0.4, 0.5) is 0 Å². The van der Waals surface area contributed by atoms with Crippen LogP contribution in [0.2, 0.25) is 0 Å². The summed E-state index contributed by atoms with van der Waals surface area (Å²) in [6.07, 6.45) is 1.57. The number of rotatable bonds is 3. The minimum Gasteiger partial charge on any atom is -0.410 e. The second kappa shape index (κ2) is 4.90. The van der Waals surface area contributed by atoms with Gasteiger partial charge in [0, 0.05) is 24.8 Å². The number of hydrogen-bond acceptors (Lipinski definition) is 5. The fourth-order valence-electron chi connectivity index (χ4n) is 2.40. The average molecular weight is 271 g/mol. The van der Waals surface area contributed by atoms with Crippen LogP contribution in [-0.2, 0) is 11.3 Å². The molecule has 0 bridgehead atoms. The highest BCUT2D eigenvalue weighted by Crippen LogP contribution is 2.26. The molecule has 1 aliphatic rings. The molecule has 2 aromatic rings. The maximum atomic E-state index is 12.6. The van der Waals surface area contributed by atoms with Crippen LogP contribution in [0.15, 0.2) is 35.7 Å². The molecule has 0 aliphatic heterocycles. The quantitative estimate of drug-likeness (QED) is 0.575.